The largest absolute Gasteiger partial charge is 0.405 e. The van der Waals surface area contributed by atoms with Crippen molar-refractivity contribution in [3.05, 3.63) is 41.9 Å². The molecule has 3 atom stereocenters. The topological polar surface area (TPSA) is 149 Å². The van der Waals surface area contributed by atoms with E-state index in [0.29, 0.717) is 57.4 Å². The van der Waals surface area contributed by atoms with Crippen LogP contribution >= 0.6 is 0 Å². The first-order valence-corrected chi connectivity index (χ1v) is 16.9. The van der Waals surface area contributed by atoms with Gasteiger partial charge in [0.2, 0.25) is 23.6 Å². The maximum Gasteiger partial charge on any atom is 0.332 e. The summed E-state index contributed by atoms with van der Waals surface area (Å²) in [4.78, 5) is 59.7. The monoisotopic (exact) mass is 709 g/mol. The summed E-state index contributed by atoms with van der Waals surface area (Å²) >= 11 is 0. The Hall–Kier alpha value is -4.08. The van der Waals surface area contributed by atoms with Crippen molar-refractivity contribution in [3.63, 3.8) is 0 Å². The Bertz CT molecular complexity index is 1530. The number of halogens is 5. The number of nitrogens with one attached hydrogen (secondary N) is 3. The number of anilines is 1. The molecule has 4 fully saturated rings. The third-order valence-corrected chi connectivity index (χ3v) is 10.4. The first-order chi connectivity index (χ1) is 23.6. The standard InChI is InChI=1S/C34H44F5N7O4/c1-3-25(47)43-27(30(50)46-14-12-45(2)13-15-46)33(9-10-33)21-4-5-23(22(35)16-21)41-29(49)26(44-28(48)24(6-11-40)42-31(36)37)20-17-32(7-8-32)19-34(38,39)18-20/h4-6,11,16,20,26-27,31H,3,7-10,12-15,17-19,40H2,1-2H3,(H,41,49)(H,43,47)(H,44,48)/b11-6-,42-24-. The zero-order valence-electron chi connectivity index (χ0n) is 28.1. The molecule has 50 heavy (non-hydrogen) atoms. The van der Waals surface area contributed by atoms with E-state index >= 15 is 4.39 Å². The van der Waals surface area contributed by atoms with E-state index in [2.05, 4.69) is 25.8 Å². The molecule has 4 aliphatic rings. The van der Waals surface area contributed by atoms with Crippen molar-refractivity contribution in [1.29, 1.82) is 0 Å². The Labute approximate surface area is 287 Å². The van der Waals surface area contributed by atoms with E-state index in [9.17, 15) is 36.7 Å². The van der Waals surface area contributed by atoms with Gasteiger partial charge in [-0.05, 0) is 80.5 Å². The Morgan fingerprint density at radius 2 is 1.72 bits per heavy atom. The number of amides is 4. The summed E-state index contributed by atoms with van der Waals surface area (Å²) in [6.07, 6.45) is 2.83. The van der Waals surface area contributed by atoms with Crippen molar-refractivity contribution in [1.82, 2.24) is 20.4 Å². The predicted octanol–water partition coefficient (Wildman–Crippen LogP) is 3.30. The SMILES string of the molecule is CCC(=O)NC(C(=O)N1CCN(C)CC1)C1(c2ccc(NC(=O)C(NC(=O)C(/C=C\N)=N\C(F)F)C3CC(F)(F)CC4(CC4)C3)c(F)c2)CC1. The van der Waals surface area contributed by atoms with Crippen molar-refractivity contribution in [2.75, 3.05) is 38.5 Å². The van der Waals surface area contributed by atoms with Gasteiger partial charge in [0.1, 0.15) is 23.6 Å². The average Bonchev–Trinajstić information content (AvgIpc) is 3.99. The maximum absolute atomic E-state index is 15.8. The number of rotatable bonds is 12. The fourth-order valence-electron chi connectivity index (χ4n) is 7.41. The summed E-state index contributed by atoms with van der Waals surface area (Å²) < 4.78 is 71.8. The second kappa shape index (κ2) is 14.6. The summed E-state index contributed by atoms with van der Waals surface area (Å²) in [5.74, 6) is -7.97. The smallest absolute Gasteiger partial charge is 0.332 e. The third-order valence-electron chi connectivity index (χ3n) is 10.4. The zero-order chi connectivity index (χ0) is 36.4. The Balaban J connectivity index is 1.39. The molecule has 3 unspecified atom stereocenters. The van der Waals surface area contributed by atoms with E-state index in [-0.39, 0.29) is 36.8 Å². The van der Waals surface area contributed by atoms with Crippen LogP contribution in [0.5, 0.6) is 0 Å². The van der Waals surface area contributed by atoms with Crippen LogP contribution in [-0.2, 0) is 24.6 Å². The number of hydrogen-bond acceptors (Lipinski definition) is 7. The first-order valence-electron chi connectivity index (χ1n) is 16.9. The van der Waals surface area contributed by atoms with Crippen LogP contribution in [0.15, 0.2) is 35.5 Å². The second-order valence-electron chi connectivity index (χ2n) is 14.1. The fraction of sp³-hybridized carbons (Fsp3) is 0.618. The van der Waals surface area contributed by atoms with Gasteiger partial charge in [-0.2, -0.15) is 8.78 Å². The van der Waals surface area contributed by atoms with E-state index in [1.165, 1.54) is 18.2 Å². The molecule has 1 saturated heterocycles. The highest BCUT2D eigenvalue weighted by Crippen LogP contribution is 2.61. The van der Waals surface area contributed by atoms with Crippen LogP contribution in [0.3, 0.4) is 0 Å². The van der Waals surface area contributed by atoms with Gasteiger partial charge in [-0.15, -0.1) is 0 Å². The number of aliphatic imine (C=N–C) groups is 1. The van der Waals surface area contributed by atoms with Gasteiger partial charge >= 0.3 is 6.55 Å². The molecule has 16 heteroatoms. The summed E-state index contributed by atoms with van der Waals surface area (Å²) in [5, 5.41) is 7.54. The highest BCUT2D eigenvalue weighted by Gasteiger charge is 2.58. The molecule has 1 heterocycles. The number of carbonyl (C=O) groups is 4. The minimum atomic E-state index is -3.29. The normalized spacial score (nSPS) is 23.7. The number of alkyl halides is 4. The van der Waals surface area contributed by atoms with E-state index in [4.69, 9.17) is 5.73 Å². The van der Waals surface area contributed by atoms with Crippen LogP contribution < -0.4 is 21.7 Å². The number of nitrogens with zero attached hydrogens (tertiary/aromatic N) is 3. The van der Waals surface area contributed by atoms with Crippen LogP contribution in [0, 0.1) is 17.2 Å². The Morgan fingerprint density at radius 1 is 1.04 bits per heavy atom. The van der Waals surface area contributed by atoms with Gasteiger partial charge in [-0.3, -0.25) is 19.2 Å². The van der Waals surface area contributed by atoms with Gasteiger partial charge in [-0.25, -0.2) is 18.2 Å². The average molecular weight is 710 g/mol. The molecule has 1 aromatic carbocycles. The lowest BCUT2D eigenvalue weighted by atomic mass is 9.73. The van der Waals surface area contributed by atoms with Crippen LogP contribution in [-0.4, -0.2) is 96.9 Å². The molecule has 1 spiro atoms. The van der Waals surface area contributed by atoms with Crippen molar-refractivity contribution in [2.45, 2.75) is 88.3 Å². The van der Waals surface area contributed by atoms with Crippen molar-refractivity contribution in [3.8, 4) is 0 Å². The quantitative estimate of drug-likeness (QED) is 0.149. The van der Waals surface area contributed by atoms with Crippen molar-refractivity contribution < 1.29 is 41.1 Å². The molecule has 5 N–H and O–H groups in total. The molecule has 5 rings (SSSR count). The van der Waals surface area contributed by atoms with Gasteiger partial charge < -0.3 is 31.5 Å². The number of benzene rings is 1. The first kappa shape index (κ1) is 37.2. The lowest BCUT2D eigenvalue weighted by Gasteiger charge is -2.38. The van der Waals surface area contributed by atoms with Gasteiger partial charge in [0.15, 0.2) is 0 Å². The lowest BCUT2D eigenvalue weighted by Crippen LogP contribution is -2.58. The summed E-state index contributed by atoms with van der Waals surface area (Å²) in [6, 6.07) is 1.40. The van der Waals surface area contributed by atoms with Crippen LogP contribution in [0.25, 0.3) is 0 Å². The van der Waals surface area contributed by atoms with Gasteiger partial charge in [0.25, 0.3) is 5.91 Å². The summed E-state index contributed by atoms with van der Waals surface area (Å²) in [7, 11) is 1.95. The molecule has 1 aliphatic heterocycles. The minimum Gasteiger partial charge on any atom is -0.405 e. The molecule has 11 nitrogen and oxygen atoms in total. The van der Waals surface area contributed by atoms with Crippen molar-refractivity contribution in [2.24, 2.45) is 22.1 Å². The highest BCUT2D eigenvalue weighted by atomic mass is 19.3. The van der Waals surface area contributed by atoms with Crippen molar-refractivity contribution >= 4 is 35.0 Å². The number of carbonyl (C=O) groups excluding carboxylic acids is 4. The second-order valence-corrected chi connectivity index (χ2v) is 14.1. The minimum absolute atomic E-state index is 0.145. The third kappa shape index (κ3) is 8.44. The molecule has 1 aromatic rings. The van der Waals surface area contributed by atoms with Gasteiger partial charge in [0.05, 0.1) is 5.69 Å². The molecular weight excluding hydrogens is 665 g/mol. The maximum atomic E-state index is 15.8. The number of hydrogen-bond donors (Lipinski definition) is 4. The molecule has 0 radical (unpaired) electrons. The molecule has 0 aromatic heterocycles. The summed E-state index contributed by atoms with van der Waals surface area (Å²) in [5.41, 5.74) is 3.00. The van der Waals surface area contributed by atoms with E-state index in [0.717, 1.165) is 12.3 Å². The van der Waals surface area contributed by atoms with Crippen LogP contribution in [0.4, 0.5) is 27.6 Å². The van der Waals surface area contributed by atoms with Crippen LogP contribution in [0.1, 0.15) is 63.9 Å². The van der Waals surface area contributed by atoms with E-state index in [1.807, 2.05) is 7.05 Å². The zero-order valence-corrected chi connectivity index (χ0v) is 28.1. The number of nitrogens with two attached hydrogens (primary N) is 1. The van der Waals surface area contributed by atoms with Gasteiger partial charge in [-0.1, -0.05) is 13.0 Å². The fourth-order valence-corrected chi connectivity index (χ4v) is 7.41. The number of piperazine rings is 1. The highest BCUT2D eigenvalue weighted by molar-refractivity contribution is 6.43. The predicted molar refractivity (Wildman–Crippen MR) is 175 cm³/mol. The molecular formula is C34H44F5N7O4. The van der Waals surface area contributed by atoms with E-state index in [1.54, 1.807) is 11.8 Å². The molecule has 4 amide bonds. The van der Waals surface area contributed by atoms with E-state index < -0.39 is 71.1 Å². The Kier molecular flexibility index (Phi) is 10.9. The van der Waals surface area contributed by atoms with Crippen LogP contribution in [0.2, 0.25) is 0 Å². The summed E-state index contributed by atoms with van der Waals surface area (Å²) in [6.45, 7) is 0.670. The molecule has 0 bridgehead atoms. The molecule has 274 valence electrons. The van der Waals surface area contributed by atoms with Gasteiger partial charge in [0, 0.05) is 50.9 Å². The Morgan fingerprint density at radius 3 is 2.28 bits per heavy atom. The molecule has 3 aliphatic carbocycles. The lowest BCUT2D eigenvalue weighted by molar-refractivity contribution is -0.138. The molecule has 3 saturated carbocycles. The number of likely N-dealkylation sites (N-methyl/N-ethyl adjacent to an activating group) is 1.